The Labute approximate surface area is 83.9 Å². The van der Waals surface area contributed by atoms with Crippen LogP contribution in [0.4, 0.5) is 23.2 Å². The van der Waals surface area contributed by atoms with Crippen molar-refractivity contribution in [3.8, 4) is 0 Å². The largest absolute Gasteiger partial charge is 0.407 e. The van der Waals surface area contributed by atoms with Gasteiger partial charge in [0.25, 0.3) is 0 Å². The van der Waals surface area contributed by atoms with E-state index in [1.807, 2.05) is 0 Å². The van der Waals surface area contributed by atoms with E-state index in [0.717, 1.165) is 6.07 Å². The lowest BCUT2D eigenvalue weighted by atomic mass is 10.0. The van der Waals surface area contributed by atoms with E-state index in [-0.39, 0.29) is 11.3 Å². The molecule has 15 heavy (non-hydrogen) atoms. The zero-order chi connectivity index (χ0) is 11.8. The Hall–Kier alpha value is -1.30. The number of benzene rings is 1. The van der Waals surface area contributed by atoms with Crippen LogP contribution in [-0.4, -0.2) is 6.18 Å². The van der Waals surface area contributed by atoms with E-state index >= 15 is 0 Å². The molecule has 0 saturated carbocycles. The third-order valence-electron chi connectivity index (χ3n) is 2.15. The van der Waals surface area contributed by atoms with Crippen LogP contribution in [0.3, 0.4) is 0 Å². The first kappa shape index (κ1) is 11.8. The van der Waals surface area contributed by atoms with Crippen LogP contribution in [0, 0.1) is 12.7 Å². The van der Waals surface area contributed by atoms with Gasteiger partial charge in [-0.1, -0.05) is 6.07 Å². The highest BCUT2D eigenvalue weighted by molar-refractivity contribution is 5.49. The van der Waals surface area contributed by atoms with E-state index < -0.39 is 23.6 Å². The number of nitrogen functional groups attached to an aromatic ring is 1. The number of hydrogen-bond donors (Lipinski definition) is 2. The summed E-state index contributed by atoms with van der Waals surface area (Å²) in [7, 11) is 0. The summed E-state index contributed by atoms with van der Waals surface area (Å²) in [5.74, 6) is -1.00. The van der Waals surface area contributed by atoms with Gasteiger partial charge in [0.05, 0.1) is 0 Å². The minimum absolute atomic E-state index is 0.0211. The Morgan fingerprint density at radius 2 is 1.80 bits per heavy atom. The zero-order valence-electron chi connectivity index (χ0n) is 7.90. The molecule has 1 rings (SSSR count). The molecular formula is C9H10F4N2. The number of rotatable bonds is 1. The molecule has 0 radical (unpaired) electrons. The van der Waals surface area contributed by atoms with Crippen molar-refractivity contribution in [1.29, 1.82) is 0 Å². The second kappa shape index (κ2) is 3.69. The summed E-state index contributed by atoms with van der Waals surface area (Å²) in [4.78, 5) is 0. The van der Waals surface area contributed by atoms with Gasteiger partial charge in [-0.15, -0.1) is 0 Å². The Morgan fingerprint density at radius 3 is 2.27 bits per heavy atom. The molecule has 0 aliphatic heterocycles. The van der Waals surface area contributed by atoms with E-state index in [0.29, 0.717) is 0 Å². The van der Waals surface area contributed by atoms with Gasteiger partial charge in [0.2, 0.25) is 0 Å². The van der Waals surface area contributed by atoms with E-state index in [4.69, 9.17) is 11.5 Å². The normalized spacial score (nSPS) is 14.0. The Kier molecular flexibility index (Phi) is 2.90. The van der Waals surface area contributed by atoms with Gasteiger partial charge in [0, 0.05) is 16.8 Å². The van der Waals surface area contributed by atoms with E-state index in [1.54, 1.807) is 0 Å². The SMILES string of the molecule is Cc1c(N)ccc([C@H](N)C(F)(F)F)c1F. The molecule has 0 spiro atoms. The number of hydrogen-bond acceptors (Lipinski definition) is 2. The van der Waals surface area contributed by atoms with Crippen molar-refractivity contribution in [2.24, 2.45) is 5.73 Å². The minimum atomic E-state index is -4.66. The van der Waals surface area contributed by atoms with Crippen molar-refractivity contribution in [2.45, 2.75) is 19.1 Å². The lowest BCUT2D eigenvalue weighted by molar-refractivity contribution is -0.149. The van der Waals surface area contributed by atoms with Gasteiger partial charge in [-0.05, 0) is 13.0 Å². The van der Waals surface area contributed by atoms with Crippen LogP contribution in [0.25, 0.3) is 0 Å². The smallest absolute Gasteiger partial charge is 0.398 e. The molecule has 1 aromatic carbocycles. The third-order valence-corrected chi connectivity index (χ3v) is 2.15. The molecule has 0 aliphatic rings. The number of nitrogens with two attached hydrogens (primary N) is 2. The molecular weight excluding hydrogens is 212 g/mol. The summed E-state index contributed by atoms with van der Waals surface area (Å²) < 4.78 is 50.1. The van der Waals surface area contributed by atoms with Crippen LogP contribution in [0.15, 0.2) is 12.1 Å². The van der Waals surface area contributed by atoms with Crippen LogP contribution in [-0.2, 0) is 0 Å². The topological polar surface area (TPSA) is 52.0 Å². The summed E-state index contributed by atoms with van der Waals surface area (Å²) in [6, 6.07) is -0.161. The van der Waals surface area contributed by atoms with Gasteiger partial charge in [0.15, 0.2) is 0 Å². The fourth-order valence-corrected chi connectivity index (χ4v) is 1.14. The molecule has 0 amide bonds. The van der Waals surface area contributed by atoms with E-state index in [1.165, 1.54) is 13.0 Å². The summed E-state index contributed by atoms with van der Waals surface area (Å²) >= 11 is 0. The van der Waals surface area contributed by atoms with Crippen LogP contribution in [0.2, 0.25) is 0 Å². The fourth-order valence-electron chi connectivity index (χ4n) is 1.14. The van der Waals surface area contributed by atoms with E-state index in [2.05, 4.69) is 0 Å². The van der Waals surface area contributed by atoms with Crippen molar-refractivity contribution in [2.75, 3.05) is 5.73 Å². The first-order chi connectivity index (χ1) is 6.75. The predicted molar refractivity (Wildman–Crippen MR) is 48.5 cm³/mol. The third kappa shape index (κ3) is 2.20. The summed E-state index contributed by atoms with van der Waals surface area (Å²) in [5.41, 5.74) is 9.72. The molecule has 4 N–H and O–H groups in total. The molecule has 6 heteroatoms. The molecule has 0 aromatic heterocycles. The Morgan fingerprint density at radius 1 is 1.27 bits per heavy atom. The zero-order valence-corrected chi connectivity index (χ0v) is 7.90. The van der Waals surface area contributed by atoms with Crippen LogP contribution < -0.4 is 11.5 Å². The molecule has 0 unspecified atom stereocenters. The molecule has 84 valence electrons. The highest BCUT2D eigenvalue weighted by Crippen LogP contribution is 2.33. The lowest BCUT2D eigenvalue weighted by Gasteiger charge is -2.17. The Balaban J connectivity index is 3.23. The molecule has 2 nitrogen and oxygen atoms in total. The maximum atomic E-state index is 13.4. The second-order valence-electron chi connectivity index (χ2n) is 3.20. The first-order valence-electron chi connectivity index (χ1n) is 4.12. The van der Waals surface area contributed by atoms with Crippen molar-refractivity contribution in [1.82, 2.24) is 0 Å². The quantitative estimate of drug-likeness (QED) is 0.565. The molecule has 0 bridgehead atoms. The van der Waals surface area contributed by atoms with Gasteiger partial charge in [0.1, 0.15) is 11.9 Å². The maximum Gasteiger partial charge on any atom is 0.407 e. The van der Waals surface area contributed by atoms with Crippen LogP contribution >= 0.6 is 0 Å². The van der Waals surface area contributed by atoms with Crippen LogP contribution in [0.1, 0.15) is 17.2 Å². The highest BCUT2D eigenvalue weighted by Gasteiger charge is 2.39. The van der Waals surface area contributed by atoms with Crippen LogP contribution in [0.5, 0.6) is 0 Å². The molecule has 0 saturated heterocycles. The molecule has 0 aliphatic carbocycles. The monoisotopic (exact) mass is 222 g/mol. The number of anilines is 1. The van der Waals surface area contributed by atoms with Crippen molar-refractivity contribution in [3.05, 3.63) is 29.1 Å². The maximum absolute atomic E-state index is 13.4. The summed E-state index contributed by atoms with van der Waals surface area (Å²) in [6.45, 7) is 1.30. The van der Waals surface area contributed by atoms with Gasteiger partial charge in [-0.3, -0.25) is 0 Å². The van der Waals surface area contributed by atoms with Gasteiger partial charge >= 0.3 is 6.18 Å². The standard InChI is InChI=1S/C9H10F4N2/c1-4-6(14)3-2-5(7(4)10)8(15)9(11,12)13/h2-3,8H,14-15H2,1H3/t8-/m0/s1. The van der Waals surface area contributed by atoms with Crippen molar-refractivity contribution < 1.29 is 17.6 Å². The van der Waals surface area contributed by atoms with Crippen molar-refractivity contribution in [3.63, 3.8) is 0 Å². The highest BCUT2D eigenvalue weighted by atomic mass is 19.4. The molecule has 0 fully saturated rings. The van der Waals surface area contributed by atoms with E-state index in [9.17, 15) is 17.6 Å². The summed E-state index contributed by atoms with van der Waals surface area (Å²) in [6.07, 6.45) is -4.66. The number of halogens is 4. The molecule has 0 heterocycles. The average molecular weight is 222 g/mol. The van der Waals surface area contributed by atoms with Gasteiger partial charge in [-0.2, -0.15) is 13.2 Å². The Bertz CT molecular complexity index is 373. The molecule has 1 atom stereocenters. The van der Waals surface area contributed by atoms with Crippen molar-refractivity contribution >= 4 is 5.69 Å². The fraction of sp³-hybridized carbons (Fsp3) is 0.333. The minimum Gasteiger partial charge on any atom is -0.398 e. The lowest BCUT2D eigenvalue weighted by Crippen LogP contribution is -2.29. The summed E-state index contributed by atoms with van der Waals surface area (Å²) in [5, 5.41) is 0. The number of alkyl halides is 3. The second-order valence-corrected chi connectivity index (χ2v) is 3.20. The predicted octanol–water partition coefficient (Wildman–Crippen LogP) is 2.28. The first-order valence-corrected chi connectivity index (χ1v) is 4.12. The van der Waals surface area contributed by atoms with Gasteiger partial charge < -0.3 is 11.5 Å². The van der Waals surface area contributed by atoms with Gasteiger partial charge in [-0.25, -0.2) is 4.39 Å². The average Bonchev–Trinajstić information content (AvgIpc) is 2.12. The molecule has 1 aromatic rings.